The van der Waals surface area contributed by atoms with E-state index in [1.807, 2.05) is 0 Å². The van der Waals surface area contributed by atoms with Crippen LogP contribution in [0.15, 0.2) is 12.1 Å². The van der Waals surface area contributed by atoms with Gasteiger partial charge in [-0.3, -0.25) is 0 Å². The zero-order valence-electron chi connectivity index (χ0n) is 9.68. The van der Waals surface area contributed by atoms with Crippen molar-refractivity contribution in [1.82, 2.24) is 0 Å². The second kappa shape index (κ2) is 8.44. The van der Waals surface area contributed by atoms with E-state index in [9.17, 15) is 0 Å². The summed E-state index contributed by atoms with van der Waals surface area (Å²) in [5, 5.41) is 1.59. The number of benzene rings is 1. The molecule has 0 bridgehead atoms. The number of rotatable bonds is 5. The Labute approximate surface area is 124 Å². The molecule has 0 spiro atoms. The molecule has 0 aliphatic rings. The highest BCUT2D eigenvalue weighted by Gasteiger charge is 2.16. The van der Waals surface area contributed by atoms with Gasteiger partial charge in [-0.05, 0) is 18.6 Å². The Balaban J connectivity index is 0.00000256. The van der Waals surface area contributed by atoms with Gasteiger partial charge < -0.3 is 5.73 Å². The zero-order chi connectivity index (χ0) is 12.1. The average molecular weight is 317 g/mol. The molecular formula is C12H17Cl4N. The van der Waals surface area contributed by atoms with Crippen LogP contribution in [0.3, 0.4) is 0 Å². The summed E-state index contributed by atoms with van der Waals surface area (Å²) in [5.74, 6) is 0. The van der Waals surface area contributed by atoms with Crippen molar-refractivity contribution in [1.29, 1.82) is 0 Å². The molecule has 0 fully saturated rings. The Kier molecular flexibility index (Phi) is 8.61. The van der Waals surface area contributed by atoms with Gasteiger partial charge >= 0.3 is 0 Å². The third-order valence-corrected chi connectivity index (χ3v) is 3.72. The molecule has 1 atom stereocenters. The molecule has 0 saturated carbocycles. The molecule has 0 aromatic heterocycles. The summed E-state index contributed by atoms with van der Waals surface area (Å²) in [6.45, 7) is 2.16. The fourth-order valence-corrected chi connectivity index (χ4v) is 2.46. The number of hydrogen-bond acceptors (Lipinski definition) is 1. The van der Waals surface area contributed by atoms with Gasteiger partial charge in [-0.25, -0.2) is 0 Å². The summed E-state index contributed by atoms with van der Waals surface area (Å²) in [7, 11) is 0. The monoisotopic (exact) mass is 315 g/mol. The Morgan fingerprint density at radius 2 is 1.71 bits per heavy atom. The van der Waals surface area contributed by atoms with E-state index in [4.69, 9.17) is 40.5 Å². The van der Waals surface area contributed by atoms with Crippen molar-refractivity contribution in [2.45, 2.75) is 38.6 Å². The largest absolute Gasteiger partial charge is 0.324 e. The second-order valence-corrected chi connectivity index (χ2v) is 5.05. The molecule has 0 saturated heterocycles. The lowest BCUT2D eigenvalue weighted by atomic mass is 10.0. The van der Waals surface area contributed by atoms with Crippen LogP contribution in [-0.2, 0) is 0 Å². The van der Waals surface area contributed by atoms with E-state index in [-0.39, 0.29) is 18.4 Å². The minimum Gasteiger partial charge on any atom is -0.324 e. The van der Waals surface area contributed by atoms with Crippen molar-refractivity contribution in [3.8, 4) is 0 Å². The molecule has 0 radical (unpaired) electrons. The first-order valence-corrected chi connectivity index (χ1v) is 6.60. The van der Waals surface area contributed by atoms with E-state index in [0.717, 1.165) is 18.4 Å². The quantitative estimate of drug-likeness (QED) is 0.551. The van der Waals surface area contributed by atoms with Gasteiger partial charge in [0.25, 0.3) is 0 Å². The van der Waals surface area contributed by atoms with E-state index < -0.39 is 0 Å². The van der Waals surface area contributed by atoms with Gasteiger partial charge in [0.15, 0.2) is 0 Å². The van der Waals surface area contributed by atoms with Crippen LogP contribution < -0.4 is 5.73 Å². The van der Waals surface area contributed by atoms with Crippen LogP contribution in [0.1, 0.15) is 44.2 Å². The first kappa shape index (κ1) is 17.3. The minimum atomic E-state index is -0.134. The van der Waals surface area contributed by atoms with Crippen molar-refractivity contribution >= 4 is 47.2 Å². The van der Waals surface area contributed by atoms with E-state index in [1.165, 1.54) is 12.8 Å². The summed E-state index contributed by atoms with van der Waals surface area (Å²) in [4.78, 5) is 0. The molecule has 1 rings (SSSR count). The third kappa shape index (κ3) is 4.84. The van der Waals surface area contributed by atoms with Crippen molar-refractivity contribution in [2.24, 2.45) is 5.73 Å². The van der Waals surface area contributed by atoms with Crippen molar-refractivity contribution in [3.63, 3.8) is 0 Å². The first-order chi connectivity index (χ1) is 7.57. The van der Waals surface area contributed by atoms with Gasteiger partial charge in [0.2, 0.25) is 0 Å². The maximum absolute atomic E-state index is 6.11. The molecular weight excluding hydrogens is 300 g/mol. The predicted octanol–water partition coefficient (Wildman–Crippen LogP) is 5.65. The van der Waals surface area contributed by atoms with Crippen LogP contribution in [0.4, 0.5) is 0 Å². The van der Waals surface area contributed by atoms with E-state index in [0.29, 0.717) is 15.1 Å². The molecule has 0 aliphatic heterocycles. The highest BCUT2D eigenvalue weighted by atomic mass is 35.5. The highest BCUT2D eigenvalue weighted by Crippen LogP contribution is 2.36. The second-order valence-electron chi connectivity index (χ2n) is 3.86. The van der Waals surface area contributed by atoms with Gasteiger partial charge in [-0.15, -0.1) is 12.4 Å². The van der Waals surface area contributed by atoms with E-state index >= 15 is 0 Å². The average Bonchev–Trinajstić information content (AvgIpc) is 2.24. The lowest BCUT2D eigenvalue weighted by Crippen LogP contribution is -2.11. The summed E-state index contributed by atoms with van der Waals surface area (Å²) in [5.41, 5.74) is 6.85. The summed E-state index contributed by atoms with van der Waals surface area (Å²) in [6, 6.07) is 3.30. The van der Waals surface area contributed by atoms with E-state index in [1.54, 1.807) is 12.1 Å². The van der Waals surface area contributed by atoms with Gasteiger partial charge in [0.1, 0.15) is 0 Å². The van der Waals surface area contributed by atoms with Crippen molar-refractivity contribution < 1.29 is 0 Å². The maximum atomic E-state index is 6.11. The maximum Gasteiger partial charge on any atom is 0.0654 e. The van der Waals surface area contributed by atoms with Gasteiger partial charge in [0.05, 0.1) is 10.0 Å². The number of nitrogens with two attached hydrogens (primary N) is 1. The Morgan fingerprint density at radius 3 is 2.29 bits per heavy atom. The zero-order valence-corrected chi connectivity index (χ0v) is 12.8. The molecule has 1 aromatic rings. The number of halogens is 4. The van der Waals surface area contributed by atoms with Crippen LogP contribution in [0, 0.1) is 0 Å². The molecule has 2 N–H and O–H groups in total. The SMILES string of the molecule is CCCCC[C@@H](N)c1c(Cl)ccc(Cl)c1Cl.Cl. The summed E-state index contributed by atoms with van der Waals surface area (Å²) < 4.78 is 0. The Morgan fingerprint density at radius 1 is 1.12 bits per heavy atom. The molecule has 5 heteroatoms. The molecule has 17 heavy (non-hydrogen) atoms. The molecule has 1 aromatic carbocycles. The standard InChI is InChI=1S/C12H16Cl3N.ClH/c1-2-3-4-5-10(16)11-8(13)6-7-9(14)12(11)15;/h6-7,10H,2-5,16H2,1H3;1H/t10-;/m1./s1. The van der Waals surface area contributed by atoms with Crippen molar-refractivity contribution in [3.05, 3.63) is 32.8 Å². The first-order valence-electron chi connectivity index (χ1n) is 5.46. The predicted molar refractivity (Wildman–Crippen MR) is 79.8 cm³/mol. The van der Waals surface area contributed by atoms with Gasteiger partial charge in [0, 0.05) is 16.6 Å². The third-order valence-electron chi connectivity index (χ3n) is 2.57. The highest BCUT2D eigenvalue weighted by molar-refractivity contribution is 6.44. The minimum absolute atomic E-state index is 0. The lowest BCUT2D eigenvalue weighted by Gasteiger charge is -2.16. The summed E-state index contributed by atoms with van der Waals surface area (Å²) >= 11 is 18.1. The van der Waals surface area contributed by atoms with Crippen LogP contribution >= 0.6 is 47.2 Å². The number of unbranched alkanes of at least 4 members (excludes halogenated alkanes) is 2. The Hall–Kier alpha value is 0.340. The molecule has 98 valence electrons. The lowest BCUT2D eigenvalue weighted by molar-refractivity contribution is 0.581. The molecule has 1 nitrogen and oxygen atoms in total. The molecule has 0 unspecified atom stereocenters. The van der Waals surface area contributed by atoms with Crippen LogP contribution in [0.5, 0.6) is 0 Å². The van der Waals surface area contributed by atoms with Gasteiger partial charge in [-0.2, -0.15) is 0 Å². The van der Waals surface area contributed by atoms with Crippen LogP contribution in [-0.4, -0.2) is 0 Å². The topological polar surface area (TPSA) is 26.0 Å². The number of hydrogen-bond donors (Lipinski definition) is 1. The fourth-order valence-electron chi connectivity index (χ4n) is 1.64. The molecule has 0 aliphatic carbocycles. The van der Waals surface area contributed by atoms with Crippen LogP contribution in [0.25, 0.3) is 0 Å². The van der Waals surface area contributed by atoms with Crippen molar-refractivity contribution in [2.75, 3.05) is 0 Å². The smallest absolute Gasteiger partial charge is 0.0654 e. The van der Waals surface area contributed by atoms with Crippen LogP contribution in [0.2, 0.25) is 15.1 Å². The molecule has 0 amide bonds. The Bertz CT molecular complexity index is 355. The fraction of sp³-hybridized carbons (Fsp3) is 0.500. The van der Waals surface area contributed by atoms with E-state index in [2.05, 4.69) is 6.92 Å². The normalized spacial score (nSPS) is 12.1. The molecule has 0 heterocycles. The van der Waals surface area contributed by atoms with Gasteiger partial charge in [-0.1, -0.05) is 61.0 Å². The summed E-state index contributed by atoms with van der Waals surface area (Å²) in [6.07, 6.45) is 4.30.